The Labute approximate surface area is 169 Å². The number of carbonyl (C=O) groups excluding carboxylic acids is 2. The zero-order valence-electron chi connectivity index (χ0n) is 16.3. The molecule has 1 aromatic heterocycles. The summed E-state index contributed by atoms with van der Waals surface area (Å²) in [5.41, 5.74) is 2.80. The molecule has 2 heterocycles. The van der Waals surface area contributed by atoms with Crippen molar-refractivity contribution in [3.05, 3.63) is 59.9 Å². The molecule has 0 aliphatic carbocycles. The van der Waals surface area contributed by atoms with Crippen LogP contribution < -0.4 is 10.6 Å². The Kier molecular flexibility index (Phi) is 5.37. The number of aryl methyl sites for hydroxylation is 1. The second kappa shape index (κ2) is 8.26. The van der Waals surface area contributed by atoms with Crippen molar-refractivity contribution >= 4 is 23.2 Å². The number of fused-ring (bicyclic) bond motifs is 1. The molecule has 2 aromatic carbocycles. The van der Waals surface area contributed by atoms with E-state index >= 15 is 0 Å². The lowest BCUT2D eigenvalue weighted by atomic mass is 10.1. The third kappa shape index (κ3) is 4.34. The lowest BCUT2D eigenvalue weighted by molar-refractivity contribution is -0.114. The van der Waals surface area contributed by atoms with Gasteiger partial charge in [-0.3, -0.25) is 9.59 Å². The molecule has 0 saturated carbocycles. The highest BCUT2D eigenvalue weighted by Crippen LogP contribution is 2.25. The standard InChI is InChI=1S/C22H23N5O2/c1-15(28)23-18-11-9-16(10-12-18)22(29)24-19-7-5-6-17(14-19)21-26-25-20-8-3-2-4-13-27(20)21/h5-7,9-12,14H,2-4,8,13H2,1H3,(H,23,28)(H,24,29). The van der Waals surface area contributed by atoms with E-state index in [9.17, 15) is 9.59 Å². The minimum Gasteiger partial charge on any atom is -0.326 e. The van der Waals surface area contributed by atoms with Gasteiger partial charge in [-0.25, -0.2) is 0 Å². The summed E-state index contributed by atoms with van der Waals surface area (Å²) in [6, 6.07) is 14.4. The highest BCUT2D eigenvalue weighted by atomic mass is 16.2. The van der Waals surface area contributed by atoms with Crippen LogP contribution in [0.4, 0.5) is 11.4 Å². The van der Waals surface area contributed by atoms with Gasteiger partial charge in [0.05, 0.1) is 0 Å². The molecule has 3 aromatic rings. The van der Waals surface area contributed by atoms with Gasteiger partial charge in [0.1, 0.15) is 5.82 Å². The molecule has 0 atom stereocenters. The van der Waals surface area contributed by atoms with Crippen molar-refractivity contribution in [2.75, 3.05) is 10.6 Å². The normalized spacial score (nSPS) is 13.3. The van der Waals surface area contributed by atoms with Gasteiger partial charge in [-0.15, -0.1) is 10.2 Å². The highest BCUT2D eigenvalue weighted by molar-refractivity contribution is 6.04. The number of benzene rings is 2. The van der Waals surface area contributed by atoms with Crippen LogP contribution in [0.3, 0.4) is 0 Å². The third-order valence-electron chi connectivity index (χ3n) is 4.96. The van der Waals surface area contributed by atoms with Crippen LogP contribution >= 0.6 is 0 Å². The number of aromatic nitrogens is 3. The fourth-order valence-electron chi connectivity index (χ4n) is 3.55. The molecular formula is C22H23N5O2. The summed E-state index contributed by atoms with van der Waals surface area (Å²) in [6.45, 7) is 2.37. The van der Waals surface area contributed by atoms with Gasteiger partial charge in [-0.2, -0.15) is 0 Å². The predicted molar refractivity (Wildman–Crippen MR) is 112 cm³/mol. The molecule has 0 spiro atoms. The molecule has 7 heteroatoms. The van der Waals surface area contributed by atoms with Gasteiger partial charge in [-0.05, 0) is 49.2 Å². The van der Waals surface area contributed by atoms with E-state index in [1.807, 2.05) is 24.3 Å². The molecule has 0 bridgehead atoms. The number of nitrogens with one attached hydrogen (secondary N) is 2. The summed E-state index contributed by atoms with van der Waals surface area (Å²) in [5, 5.41) is 14.4. The van der Waals surface area contributed by atoms with Crippen LogP contribution in [0.15, 0.2) is 48.5 Å². The number of carbonyl (C=O) groups is 2. The van der Waals surface area contributed by atoms with Crippen molar-refractivity contribution in [3.8, 4) is 11.4 Å². The summed E-state index contributed by atoms with van der Waals surface area (Å²) in [7, 11) is 0. The van der Waals surface area contributed by atoms with Gasteiger partial charge < -0.3 is 15.2 Å². The summed E-state index contributed by atoms with van der Waals surface area (Å²) in [6.07, 6.45) is 4.44. The first-order valence-corrected chi connectivity index (χ1v) is 9.82. The van der Waals surface area contributed by atoms with Gasteiger partial charge in [-0.1, -0.05) is 18.6 Å². The lowest BCUT2D eigenvalue weighted by Crippen LogP contribution is -2.12. The van der Waals surface area contributed by atoms with Crippen molar-refractivity contribution in [2.24, 2.45) is 0 Å². The molecule has 148 valence electrons. The Hall–Kier alpha value is -3.48. The fraction of sp³-hybridized carbons (Fsp3) is 0.273. The predicted octanol–water partition coefficient (Wildman–Crippen LogP) is 3.88. The Morgan fingerprint density at radius 1 is 0.931 bits per heavy atom. The molecule has 0 fully saturated rings. The van der Waals surface area contributed by atoms with Crippen LogP contribution in [0.25, 0.3) is 11.4 Å². The number of nitrogens with zero attached hydrogens (tertiary/aromatic N) is 3. The highest BCUT2D eigenvalue weighted by Gasteiger charge is 2.16. The number of anilines is 2. The first-order chi connectivity index (χ1) is 14.1. The Bertz CT molecular complexity index is 1040. The molecule has 4 rings (SSSR count). The van der Waals surface area contributed by atoms with E-state index in [0.717, 1.165) is 43.0 Å². The van der Waals surface area contributed by atoms with Gasteiger partial charge in [0.15, 0.2) is 5.82 Å². The quantitative estimate of drug-likeness (QED) is 0.709. The molecule has 7 nitrogen and oxygen atoms in total. The Balaban J connectivity index is 1.51. The number of hydrogen-bond acceptors (Lipinski definition) is 4. The minimum atomic E-state index is -0.211. The SMILES string of the molecule is CC(=O)Nc1ccc(C(=O)Nc2cccc(-c3nnc4n3CCCCC4)c2)cc1. The summed E-state index contributed by atoms with van der Waals surface area (Å²) in [4.78, 5) is 23.7. The smallest absolute Gasteiger partial charge is 0.255 e. The molecular weight excluding hydrogens is 366 g/mol. The molecule has 0 unspecified atom stereocenters. The number of rotatable bonds is 4. The Morgan fingerprint density at radius 2 is 1.76 bits per heavy atom. The van der Waals surface area contributed by atoms with E-state index in [-0.39, 0.29) is 11.8 Å². The maximum atomic E-state index is 12.6. The average Bonchev–Trinajstić information content (AvgIpc) is 2.96. The monoisotopic (exact) mass is 389 g/mol. The van der Waals surface area contributed by atoms with Crippen LogP contribution in [0.1, 0.15) is 42.4 Å². The molecule has 1 aliphatic rings. The second-order valence-corrected chi connectivity index (χ2v) is 7.20. The summed E-state index contributed by atoms with van der Waals surface area (Å²) in [5.74, 6) is 1.52. The van der Waals surface area contributed by atoms with Crippen LogP contribution in [0.5, 0.6) is 0 Å². The van der Waals surface area contributed by atoms with Crippen molar-refractivity contribution in [3.63, 3.8) is 0 Å². The van der Waals surface area contributed by atoms with E-state index < -0.39 is 0 Å². The molecule has 1 aliphatic heterocycles. The largest absolute Gasteiger partial charge is 0.326 e. The van der Waals surface area contributed by atoms with Gasteiger partial charge in [0.2, 0.25) is 5.91 Å². The van der Waals surface area contributed by atoms with Crippen LogP contribution in [-0.4, -0.2) is 26.6 Å². The number of hydrogen-bond donors (Lipinski definition) is 2. The molecule has 2 N–H and O–H groups in total. The van der Waals surface area contributed by atoms with E-state index in [1.165, 1.54) is 13.3 Å². The molecule has 0 saturated heterocycles. The lowest BCUT2D eigenvalue weighted by Gasteiger charge is -2.10. The fourth-order valence-corrected chi connectivity index (χ4v) is 3.55. The molecule has 2 amide bonds. The third-order valence-corrected chi connectivity index (χ3v) is 4.96. The first-order valence-electron chi connectivity index (χ1n) is 9.82. The topological polar surface area (TPSA) is 88.9 Å². The Morgan fingerprint density at radius 3 is 2.55 bits per heavy atom. The zero-order valence-corrected chi connectivity index (χ0v) is 16.3. The minimum absolute atomic E-state index is 0.148. The van der Waals surface area contributed by atoms with Gasteiger partial charge >= 0.3 is 0 Å². The van der Waals surface area contributed by atoms with Crippen LogP contribution in [-0.2, 0) is 17.8 Å². The van der Waals surface area contributed by atoms with E-state index in [1.54, 1.807) is 24.3 Å². The summed E-state index contributed by atoms with van der Waals surface area (Å²) >= 11 is 0. The van der Waals surface area contributed by atoms with Crippen molar-refractivity contribution < 1.29 is 9.59 Å². The van der Waals surface area contributed by atoms with Gasteiger partial charge in [0.25, 0.3) is 5.91 Å². The van der Waals surface area contributed by atoms with Gasteiger partial charge in [0, 0.05) is 42.4 Å². The average molecular weight is 389 g/mol. The van der Waals surface area contributed by atoms with Crippen molar-refractivity contribution in [1.29, 1.82) is 0 Å². The van der Waals surface area contributed by atoms with E-state index in [0.29, 0.717) is 16.9 Å². The van der Waals surface area contributed by atoms with Crippen LogP contribution in [0, 0.1) is 0 Å². The second-order valence-electron chi connectivity index (χ2n) is 7.20. The molecule has 29 heavy (non-hydrogen) atoms. The zero-order chi connectivity index (χ0) is 20.2. The summed E-state index contributed by atoms with van der Waals surface area (Å²) < 4.78 is 2.19. The van der Waals surface area contributed by atoms with Crippen LogP contribution in [0.2, 0.25) is 0 Å². The maximum absolute atomic E-state index is 12.6. The van der Waals surface area contributed by atoms with E-state index in [4.69, 9.17) is 0 Å². The van der Waals surface area contributed by atoms with E-state index in [2.05, 4.69) is 25.4 Å². The van der Waals surface area contributed by atoms with Crippen molar-refractivity contribution in [2.45, 2.75) is 39.2 Å². The first kappa shape index (κ1) is 18.9. The number of amides is 2. The maximum Gasteiger partial charge on any atom is 0.255 e. The molecule has 0 radical (unpaired) electrons. The van der Waals surface area contributed by atoms with Crippen molar-refractivity contribution in [1.82, 2.24) is 14.8 Å².